The molecule has 7 rings (SSSR count). The maximum atomic E-state index is 2.46. The molecule has 0 amide bonds. The van der Waals surface area contributed by atoms with Crippen LogP contribution in [0, 0.1) is 0 Å². The molecule has 0 aromatic heterocycles. The highest BCUT2D eigenvalue weighted by atomic mass is 32.2. The van der Waals surface area contributed by atoms with Gasteiger partial charge in [0.2, 0.25) is 0 Å². The van der Waals surface area contributed by atoms with Gasteiger partial charge in [0.1, 0.15) is 0 Å². The maximum Gasteiger partial charge on any atom is 0.0316 e. The molecule has 0 radical (unpaired) electrons. The van der Waals surface area contributed by atoms with E-state index in [1.807, 2.05) is 11.8 Å². The first-order chi connectivity index (χ1) is 14.1. The fraction of sp³-hybridized carbons (Fsp3) is 0.333. The maximum absolute atomic E-state index is 2.46. The summed E-state index contributed by atoms with van der Waals surface area (Å²) in [7, 11) is 4.36. The molecule has 4 bridgehead atoms. The minimum absolute atomic E-state index is 0.450. The van der Waals surface area contributed by atoms with Gasteiger partial charge in [0.15, 0.2) is 0 Å². The topological polar surface area (TPSA) is 3.24 Å². The molecular weight excluding hydrogens is 370 g/mol. The Morgan fingerprint density at radius 2 is 1.45 bits per heavy atom. The van der Waals surface area contributed by atoms with Gasteiger partial charge in [-0.3, -0.25) is 0 Å². The van der Waals surface area contributed by atoms with E-state index in [9.17, 15) is 0 Å². The van der Waals surface area contributed by atoms with Gasteiger partial charge in [-0.15, -0.1) is 11.8 Å². The predicted molar refractivity (Wildman–Crippen MR) is 126 cm³/mol. The molecule has 0 unspecified atom stereocenters. The zero-order valence-electron chi connectivity index (χ0n) is 17.8. The lowest BCUT2D eigenvalue weighted by Gasteiger charge is -2.24. The molecule has 0 saturated heterocycles. The fourth-order valence-corrected chi connectivity index (χ4v) is 5.19. The molecule has 3 aromatic rings. The van der Waals surface area contributed by atoms with Gasteiger partial charge in [-0.25, -0.2) is 0 Å². The third-order valence-corrected chi connectivity index (χ3v) is 7.34. The van der Waals surface area contributed by atoms with E-state index < -0.39 is 0 Å². The van der Waals surface area contributed by atoms with Crippen molar-refractivity contribution in [1.29, 1.82) is 0 Å². The summed E-state index contributed by atoms with van der Waals surface area (Å²) >= 11 is 1.99. The summed E-state index contributed by atoms with van der Waals surface area (Å²) in [5.74, 6) is 1.04. The minimum Gasteiger partial charge on any atom is -0.303 e. The highest BCUT2D eigenvalue weighted by Gasteiger charge is 2.15. The SMILES string of the molecule is C[C@H](c1cc2ccc1CCc1ccc(c(SCc3ccccc3)c1)CC2)N(C)C. The predicted octanol–water partition coefficient (Wildman–Crippen LogP) is 6.49. The summed E-state index contributed by atoms with van der Waals surface area (Å²) in [6, 6.07) is 25.6. The molecule has 29 heavy (non-hydrogen) atoms. The molecule has 150 valence electrons. The molecule has 1 nitrogen and oxygen atoms in total. The molecular formula is C27H31NS. The van der Waals surface area contributed by atoms with Crippen LogP contribution < -0.4 is 0 Å². The summed E-state index contributed by atoms with van der Waals surface area (Å²) in [5.41, 5.74) is 8.80. The van der Waals surface area contributed by atoms with Gasteiger partial charge in [-0.1, -0.05) is 60.7 Å². The number of benzene rings is 3. The number of rotatable bonds is 5. The average Bonchev–Trinajstić information content (AvgIpc) is 2.74. The van der Waals surface area contributed by atoms with Crippen molar-refractivity contribution >= 4 is 11.8 Å². The van der Waals surface area contributed by atoms with Crippen LogP contribution in [-0.4, -0.2) is 19.0 Å². The van der Waals surface area contributed by atoms with Gasteiger partial charge >= 0.3 is 0 Å². The quantitative estimate of drug-likeness (QED) is 0.450. The lowest BCUT2D eigenvalue weighted by Crippen LogP contribution is -2.19. The molecule has 0 aliphatic heterocycles. The van der Waals surface area contributed by atoms with Crippen LogP contribution >= 0.6 is 11.8 Å². The zero-order valence-corrected chi connectivity index (χ0v) is 18.6. The van der Waals surface area contributed by atoms with Crippen LogP contribution in [0.5, 0.6) is 0 Å². The highest BCUT2D eigenvalue weighted by Crippen LogP contribution is 2.31. The summed E-state index contributed by atoms with van der Waals surface area (Å²) < 4.78 is 0. The Labute approximate surface area is 180 Å². The molecule has 0 heterocycles. The van der Waals surface area contributed by atoms with E-state index in [1.54, 1.807) is 0 Å². The second-order valence-corrected chi connectivity index (χ2v) is 9.41. The van der Waals surface area contributed by atoms with Crippen LogP contribution in [0.4, 0.5) is 0 Å². The van der Waals surface area contributed by atoms with E-state index in [2.05, 4.69) is 92.6 Å². The number of hydrogen-bond acceptors (Lipinski definition) is 2. The van der Waals surface area contributed by atoms with Crippen molar-refractivity contribution in [3.8, 4) is 0 Å². The monoisotopic (exact) mass is 401 g/mol. The Hall–Kier alpha value is -2.03. The van der Waals surface area contributed by atoms with Crippen LogP contribution in [0.1, 0.15) is 46.3 Å². The van der Waals surface area contributed by atoms with E-state index in [1.165, 1.54) is 38.3 Å². The van der Waals surface area contributed by atoms with E-state index in [0.717, 1.165) is 31.4 Å². The molecule has 1 atom stereocenters. The number of aryl methyl sites for hydroxylation is 4. The summed E-state index contributed by atoms with van der Waals surface area (Å²) in [6.07, 6.45) is 4.42. The first-order valence-electron chi connectivity index (χ1n) is 10.7. The Bertz CT molecular complexity index is 962. The van der Waals surface area contributed by atoms with Gasteiger partial charge in [0, 0.05) is 16.7 Å². The van der Waals surface area contributed by atoms with Crippen LogP contribution in [0.3, 0.4) is 0 Å². The number of thioether (sulfide) groups is 1. The molecule has 4 aliphatic carbocycles. The van der Waals surface area contributed by atoms with Crippen molar-refractivity contribution in [3.63, 3.8) is 0 Å². The van der Waals surface area contributed by atoms with Crippen LogP contribution in [0.15, 0.2) is 71.6 Å². The third-order valence-electron chi connectivity index (χ3n) is 6.17. The van der Waals surface area contributed by atoms with E-state index >= 15 is 0 Å². The zero-order chi connectivity index (χ0) is 20.2. The normalized spacial score (nSPS) is 14.6. The van der Waals surface area contributed by atoms with E-state index in [0.29, 0.717) is 6.04 Å². The first-order valence-corrected chi connectivity index (χ1v) is 11.7. The Morgan fingerprint density at radius 3 is 2.17 bits per heavy atom. The smallest absolute Gasteiger partial charge is 0.0316 e. The summed E-state index contributed by atoms with van der Waals surface area (Å²) in [6.45, 7) is 2.32. The summed E-state index contributed by atoms with van der Waals surface area (Å²) in [4.78, 5) is 3.78. The molecule has 2 heteroatoms. The molecule has 4 aliphatic rings. The number of hydrogen-bond donors (Lipinski definition) is 0. The van der Waals surface area contributed by atoms with Gasteiger partial charge in [-0.05, 0) is 86.1 Å². The van der Waals surface area contributed by atoms with Crippen molar-refractivity contribution in [3.05, 3.63) is 100 Å². The largest absolute Gasteiger partial charge is 0.303 e. The molecule has 0 fully saturated rings. The van der Waals surface area contributed by atoms with Gasteiger partial charge in [-0.2, -0.15) is 0 Å². The third kappa shape index (κ3) is 4.94. The van der Waals surface area contributed by atoms with Crippen molar-refractivity contribution in [1.82, 2.24) is 4.90 Å². The van der Waals surface area contributed by atoms with Crippen molar-refractivity contribution in [2.45, 2.75) is 49.3 Å². The first kappa shape index (κ1) is 20.3. The molecule has 0 spiro atoms. The van der Waals surface area contributed by atoms with Crippen LogP contribution in [0.25, 0.3) is 0 Å². The second-order valence-electron chi connectivity index (χ2n) is 8.39. The Balaban J connectivity index is 1.60. The van der Waals surface area contributed by atoms with Crippen LogP contribution in [-0.2, 0) is 31.4 Å². The van der Waals surface area contributed by atoms with Crippen molar-refractivity contribution < 1.29 is 0 Å². The van der Waals surface area contributed by atoms with Gasteiger partial charge in [0.05, 0.1) is 0 Å². The van der Waals surface area contributed by atoms with Crippen molar-refractivity contribution in [2.75, 3.05) is 14.1 Å². The second kappa shape index (κ2) is 9.19. The average molecular weight is 402 g/mol. The van der Waals surface area contributed by atoms with Gasteiger partial charge in [0.25, 0.3) is 0 Å². The molecule has 0 saturated carbocycles. The lowest BCUT2D eigenvalue weighted by molar-refractivity contribution is 0.319. The summed E-state index contributed by atoms with van der Waals surface area (Å²) in [5, 5.41) is 0. The van der Waals surface area contributed by atoms with Crippen molar-refractivity contribution in [2.24, 2.45) is 0 Å². The molecule has 3 aromatic carbocycles. The fourth-order valence-electron chi connectivity index (χ4n) is 4.08. The van der Waals surface area contributed by atoms with Crippen LogP contribution in [0.2, 0.25) is 0 Å². The lowest BCUT2D eigenvalue weighted by atomic mass is 9.90. The van der Waals surface area contributed by atoms with E-state index in [-0.39, 0.29) is 0 Å². The Morgan fingerprint density at radius 1 is 0.793 bits per heavy atom. The Kier molecular flexibility index (Phi) is 6.42. The van der Waals surface area contributed by atoms with E-state index in [4.69, 9.17) is 0 Å². The standard InChI is InChI=1S/C27H31NS/c1-20(28(2)3)26-17-21-9-13-24(26)14-10-22-12-16-25(15-11-21)27(18-22)29-19-23-7-5-4-6-8-23/h4-9,12-13,16-18,20H,10-11,14-15,19H2,1-3H3/t20-/m1/s1. The van der Waals surface area contributed by atoms with Gasteiger partial charge < -0.3 is 4.90 Å². The highest BCUT2D eigenvalue weighted by molar-refractivity contribution is 7.98. The molecule has 0 N–H and O–H groups in total. The minimum atomic E-state index is 0.450. The number of nitrogens with zero attached hydrogens (tertiary/aromatic N) is 1.